The van der Waals surface area contributed by atoms with Gasteiger partial charge in [0.25, 0.3) is 5.91 Å². The number of hydrogen-bond donors (Lipinski definition) is 3. The van der Waals surface area contributed by atoms with Crippen LogP contribution in [0.15, 0.2) is 61.2 Å². The SMILES string of the molecule is CNc1cc(-n2ccnc2Nc2cc(NC(=O)c3ccc(N4CCOCC4)c(C(F)(F)F)c3)ccc2C)ncn1. The van der Waals surface area contributed by atoms with E-state index in [2.05, 4.69) is 30.9 Å². The highest BCUT2D eigenvalue weighted by molar-refractivity contribution is 6.05. The number of imidazole rings is 1. The number of carbonyl (C=O) groups is 1. The molecule has 1 saturated heterocycles. The number of aryl methyl sites for hydroxylation is 1. The highest BCUT2D eigenvalue weighted by Crippen LogP contribution is 2.38. The molecule has 13 heteroatoms. The van der Waals surface area contributed by atoms with Gasteiger partial charge in [-0.05, 0) is 42.8 Å². The number of aromatic nitrogens is 4. The van der Waals surface area contributed by atoms with Gasteiger partial charge in [-0.3, -0.25) is 9.36 Å². The van der Waals surface area contributed by atoms with Crippen molar-refractivity contribution in [2.45, 2.75) is 13.1 Å². The van der Waals surface area contributed by atoms with E-state index >= 15 is 0 Å². The third-order valence-electron chi connectivity index (χ3n) is 6.45. The molecular weight excluding hydrogens is 525 g/mol. The zero-order valence-corrected chi connectivity index (χ0v) is 21.8. The number of morpholine rings is 1. The Balaban J connectivity index is 1.37. The lowest BCUT2D eigenvalue weighted by molar-refractivity contribution is -0.137. The number of hydrogen-bond acceptors (Lipinski definition) is 8. The summed E-state index contributed by atoms with van der Waals surface area (Å²) in [5, 5.41) is 8.91. The van der Waals surface area contributed by atoms with Crippen molar-refractivity contribution in [1.29, 1.82) is 0 Å². The fourth-order valence-electron chi connectivity index (χ4n) is 4.34. The van der Waals surface area contributed by atoms with Gasteiger partial charge in [-0.2, -0.15) is 13.2 Å². The number of halogens is 3. The predicted molar refractivity (Wildman–Crippen MR) is 146 cm³/mol. The van der Waals surface area contributed by atoms with Crippen LogP contribution < -0.4 is 20.9 Å². The Kier molecular flexibility index (Phi) is 7.56. The second-order valence-corrected chi connectivity index (χ2v) is 9.07. The van der Waals surface area contributed by atoms with Crippen LogP contribution in [0.5, 0.6) is 0 Å². The van der Waals surface area contributed by atoms with Crippen molar-refractivity contribution in [2.24, 2.45) is 0 Å². The molecule has 0 spiro atoms. The summed E-state index contributed by atoms with van der Waals surface area (Å²) in [5.41, 5.74) is 0.995. The summed E-state index contributed by atoms with van der Waals surface area (Å²) < 4.78 is 48.8. The molecule has 0 saturated carbocycles. The summed E-state index contributed by atoms with van der Waals surface area (Å²) in [6.45, 7) is 3.27. The van der Waals surface area contributed by atoms with E-state index in [1.807, 2.05) is 6.92 Å². The molecule has 0 atom stereocenters. The molecule has 10 nitrogen and oxygen atoms in total. The molecule has 1 aliphatic heterocycles. The molecule has 5 rings (SSSR count). The van der Waals surface area contributed by atoms with E-state index in [4.69, 9.17) is 4.74 Å². The molecule has 4 aromatic rings. The number of rotatable bonds is 7. The zero-order valence-electron chi connectivity index (χ0n) is 21.8. The van der Waals surface area contributed by atoms with Crippen molar-refractivity contribution in [3.63, 3.8) is 0 Å². The number of nitrogens with zero attached hydrogens (tertiary/aromatic N) is 5. The normalized spacial score (nSPS) is 13.7. The van der Waals surface area contributed by atoms with Gasteiger partial charge in [0.15, 0.2) is 0 Å². The van der Waals surface area contributed by atoms with Gasteiger partial charge < -0.3 is 25.6 Å². The van der Waals surface area contributed by atoms with E-state index in [-0.39, 0.29) is 11.3 Å². The minimum absolute atomic E-state index is 0.0372. The minimum Gasteiger partial charge on any atom is -0.378 e. The van der Waals surface area contributed by atoms with Crippen LogP contribution in [0, 0.1) is 6.92 Å². The Bertz CT molecular complexity index is 1520. The number of anilines is 5. The smallest absolute Gasteiger partial charge is 0.378 e. The lowest BCUT2D eigenvalue weighted by atomic mass is 10.1. The molecule has 1 aliphatic rings. The summed E-state index contributed by atoms with van der Waals surface area (Å²) in [6, 6.07) is 10.6. The van der Waals surface area contributed by atoms with Gasteiger partial charge >= 0.3 is 6.18 Å². The Labute approximate surface area is 228 Å². The number of ether oxygens (including phenoxy) is 1. The second-order valence-electron chi connectivity index (χ2n) is 9.07. The maximum absolute atomic E-state index is 13.9. The second kappa shape index (κ2) is 11.2. The summed E-state index contributed by atoms with van der Waals surface area (Å²) in [4.78, 5) is 27.4. The van der Waals surface area contributed by atoms with Crippen molar-refractivity contribution < 1.29 is 22.7 Å². The average Bonchev–Trinajstić information content (AvgIpc) is 3.42. The van der Waals surface area contributed by atoms with Crippen molar-refractivity contribution >= 4 is 34.7 Å². The summed E-state index contributed by atoms with van der Waals surface area (Å²) in [6.07, 6.45) is 0.168. The molecule has 40 heavy (non-hydrogen) atoms. The molecule has 0 aliphatic carbocycles. The number of nitrogens with one attached hydrogen (secondary N) is 3. The highest BCUT2D eigenvalue weighted by Gasteiger charge is 2.36. The minimum atomic E-state index is -4.62. The Morgan fingerprint density at radius 2 is 1.82 bits per heavy atom. The monoisotopic (exact) mass is 552 g/mol. The van der Waals surface area contributed by atoms with Crippen LogP contribution in [0.4, 0.5) is 42.0 Å². The zero-order chi connectivity index (χ0) is 28.3. The first-order valence-electron chi connectivity index (χ1n) is 12.5. The molecule has 3 heterocycles. The Hall–Kier alpha value is -4.65. The molecule has 208 valence electrons. The van der Waals surface area contributed by atoms with E-state index in [0.717, 1.165) is 11.6 Å². The van der Waals surface area contributed by atoms with Crippen LogP contribution in [0.2, 0.25) is 0 Å². The van der Waals surface area contributed by atoms with Gasteiger partial charge in [-0.15, -0.1) is 0 Å². The lowest BCUT2D eigenvalue weighted by Gasteiger charge is -2.31. The summed E-state index contributed by atoms with van der Waals surface area (Å²) in [7, 11) is 1.75. The first-order valence-corrected chi connectivity index (χ1v) is 12.5. The molecule has 0 bridgehead atoms. The van der Waals surface area contributed by atoms with Crippen LogP contribution in [-0.2, 0) is 10.9 Å². The van der Waals surface area contributed by atoms with Crippen molar-refractivity contribution in [1.82, 2.24) is 19.5 Å². The van der Waals surface area contributed by atoms with Crippen molar-refractivity contribution in [3.8, 4) is 5.82 Å². The van der Waals surface area contributed by atoms with Crippen molar-refractivity contribution in [2.75, 3.05) is 54.2 Å². The first-order chi connectivity index (χ1) is 19.2. The molecule has 1 fully saturated rings. The molecule has 0 radical (unpaired) electrons. The van der Waals surface area contributed by atoms with E-state index < -0.39 is 17.6 Å². The third-order valence-corrected chi connectivity index (χ3v) is 6.45. The van der Waals surface area contributed by atoms with E-state index in [9.17, 15) is 18.0 Å². The maximum atomic E-state index is 13.9. The third kappa shape index (κ3) is 5.83. The molecular formula is C27H27F3N8O2. The standard InChI is InChI=1S/C27H27F3N8O2/c1-17-3-5-19(14-21(17)36-26-32-7-8-38(26)24-15-23(31-2)33-16-34-24)35-25(39)18-4-6-22(20(13-18)27(28,29)30)37-9-11-40-12-10-37/h3-8,13-16H,9-12H2,1-2H3,(H,32,36)(H,35,39)(H,31,33,34). The van der Waals surface area contributed by atoms with Gasteiger partial charge in [0.1, 0.15) is 18.0 Å². The van der Waals surface area contributed by atoms with E-state index in [0.29, 0.717) is 55.3 Å². The number of benzene rings is 2. The van der Waals surface area contributed by atoms with Gasteiger partial charge in [0.2, 0.25) is 5.95 Å². The largest absolute Gasteiger partial charge is 0.418 e. The predicted octanol–water partition coefficient (Wildman–Crippen LogP) is 4.86. The average molecular weight is 553 g/mol. The van der Waals surface area contributed by atoms with Crippen LogP contribution in [0.25, 0.3) is 5.82 Å². The Morgan fingerprint density at radius 1 is 1.02 bits per heavy atom. The fraction of sp³-hybridized carbons (Fsp3) is 0.259. The number of amides is 1. The quantitative estimate of drug-likeness (QED) is 0.298. The Morgan fingerprint density at radius 3 is 2.58 bits per heavy atom. The molecule has 2 aromatic heterocycles. The first kappa shape index (κ1) is 26.9. The lowest BCUT2D eigenvalue weighted by Crippen LogP contribution is -2.37. The van der Waals surface area contributed by atoms with Gasteiger partial charge in [0.05, 0.1) is 18.8 Å². The van der Waals surface area contributed by atoms with Crippen LogP contribution in [0.1, 0.15) is 21.5 Å². The van der Waals surface area contributed by atoms with Gasteiger partial charge in [-0.25, -0.2) is 15.0 Å². The van der Waals surface area contributed by atoms with Crippen molar-refractivity contribution in [3.05, 3.63) is 77.9 Å². The topological polar surface area (TPSA) is 109 Å². The molecule has 1 amide bonds. The van der Waals surface area contributed by atoms with Gasteiger partial charge in [0, 0.05) is 61.2 Å². The highest BCUT2D eigenvalue weighted by atomic mass is 19.4. The summed E-state index contributed by atoms with van der Waals surface area (Å²) >= 11 is 0. The summed E-state index contributed by atoms with van der Waals surface area (Å²) in [5.74, 6) is 1.04. The molecule has 0 unspecified atom stereocenters. The fourth-order valence-corrected chi connectivity index (χ4v) is 4.34. The molecule has 2 aromatic carbocycles. The van der Waals surface area contributed by atoms with E-state index in [1.54, 1.807) is 53.2 Å². The van der Waals surface area contributed by atoms with Gasteiger partial charge in [-0.1, -0.05) is 6.07 Å². The number of carbonyl (C=O) groups excluding carboxylic acids is 1. The maximum Gasteiger partial charge on any atom is 0.418 e. The van der Waals surface area contributed by atoms with Crippen LogP contribution >= 0.6 is 0 Å². The van der Waals surface area contributed by atoms with Crippen LogP contribution in [-0.4, -0.2) is 58.8 Å². The van der Waals surface area contributed by atoms with E-state index in [1.165, 1.54) is 18.5 Å². The molecule has 3 N–H and O–H groups in total. The van der Waals surface area contributed by atoms with Crippen LogP contribution in [0.3, 0.4) is 0 Å². The number of alkyl halides is 3.